The molecule has 2 unspecified atom stereocenters. The zero-order valence-electron chi connectivity index (χ0n) is 45.5. The molecule has 0 fully saturated rings. The standard InChI is InChI=1S/C30H30ClN3O4S.C23H24ClN3O4S.2C2H5.ClH.5HI.2V/c1-39(36,37)33-29-17-22(11-14-26(29)31)30(35)20-34(19-21-7-3-2-4-8-21)15-16-38-23-12-13-25-24-9-5-6-10-27(24)32-28(25)18-23;1-32(29,30)27-22-12-15(6-9-19(22)24)23(28)14-25-10-11-31-16-7-8-18-17-4-2-3-5-20(17)26-21(18)13-16;2*1-2;;;;;;;;/h2-14,17-18,30,32-33,35H,15-16,19-20H2,1H3;2-9,12-13,23,25-28H,10-11,14H2,1H3;2*1H2,2H3;6*1H;;/q;;2*-1;;;;;;;+2;+3/p-5. The third-order valence-corrected chi connectivity index (χ3v) is 13.4. The van der Waals surface area contributed by atoms with Crippen molar-refractivity contribution in [2.75, 3.05) is 61.3 Å². The van der Waals surface area contributed by atoms with E-state index in [1.165, 1.54) is 16.8 Å². The second-order valence-electron chi connectivity index (χ2n) is 17.4. The van der Waals surface area contributed by atoms with E-state index in [2.05, 4.69) is 168 Å². The molecule has 0 saturated carbocycles. The van der Waals surface area contributed by atoms with Crippen LogP contribution in [0, 0.1) is 13.8 Å². The Labute approximate surface area is 571 Å². The molecule has 7 aromatic carbocycles. The maximum atomic E-state index is 11.7. The molecule has 7 N–H and O–H groups in total. The number of anilines is 2. The summed E-state index contributed by atoms with van der Waals surface area (Å²) in [6.07, 6.45) is 0.414. The first kappa shape index (κ1) is 76.0. The molecule has 0 saturated heterocycles. The number of halogens is 8. The van der Waals surface area contributed by atoms with Crippen molar-refractivity contribution >= 4 is 211 Å². The van der Waals surface area contributed by atoms with Crippen LogP contribution in [0.15, 0.2) is 152 Å². The van der Waals surface area contributed by atoms with Crippen LogP contribution in [0.25, 0.3) is 43.6 Å². The van der Waals surface area contributed by atoms with Crippen molar-refractivity contribution in [1.29, 1.82) is 0 Å². The van der Waals surface area contributed by atoms with Crippen molar-refractivity contribution in [3.8, 4) is 11.5 Å². The Hall–Kier alpha value is -1.23. The van der Waals surface area contributed by atoms with E-state index in [1.807, 2.05) is 91.0 Å². The molecule has 2 atom stereocenters. The van der Waals surface area contributed by atoms with Crippen LogP contribution >= 0.6 is 136 Å². The number of nitrogens with one attached hydrogen (secondary N) is 5. The zero-order chi connectivity index (χ0) is 60.4. The van der Waals surface area contributed by atoms with E-state index in [0.29, 0.717) is 60.0 Å². The number of aromatic amines is 2. The minimum atomic E-state index is -3.51. The second kappa shape index (κ2) is 39.7. The number of aromatic nitrogens is 2. The van der Waals surface area contributed by atoms with Crippen molar-refractivity contribution in [1.82, 2.24) is 20.2 Å². The van der Waals surface area contributed by atoms with Crippen LogP contribution in [0.2, 0.25) is 10.0 Å². The summed E-state index contributed by atoms with van der Waals surface area (Å²) in [4.78, 5) is 8.67. The first-order valence-electron chi connectivity index (χ1n) is 25.0. The summed E-state index contributed by atoms with van der Waals surface area (Å²) in [7, 11) is -6.35. The zero-order valence-corrected chi connectivity index (χ0v) is 63.1. The molecule has 9 aromatic rings. The summed E-state index contributed by atoms with van der Waals surface area (Å²) in [5.74, 6) is 1.53. The Morgan fingerprint density at radius 1 is 0.602 bits per heavy atom. The summed E-state index contributed by atoms with van der Waals surface area (Å²) < 4.78 is 63.0. The van der Waals surface area contributed by atoms with Gasteiger partial charge in [0.25, 0.3) is 0 Å². The van der Waals surface area contributed by atoms with Crippen molar-refractivity contribution in [3.05, 3.63) is 192 Å². The van der Waals surface area contributed by atoms with Gasteiger partial charge in [0.2, 0.25) is 20.0 Å². The maximum absolute atomic E-state index is 11.7. The number of sulfonamides is 2. The third kappa shape index (κ3) is 26.8. The first-order chi connectivity index (χ1) is 39.2. The van der Waals surface area contributed by atoms with Crippen LogP contribution in [0.4, 0.5) is 11.4 Å². The number of benzene rings is 7. The van der Waals surface area contributed by atoms with Crippen molar-refractivity contribution in [2.24, 2.45) is 0 Å². The van der Waals surface area contributed by atoms with Crippen LogP contribution in [-0.4, -0.2) is 93.8 Å². The van der Waals surface area contributed by atoms with E-state index in [0.717, 1.165) is 62.4 Å². The summed E-state index contributed by atoms with van der Waals surface area (Å²) in [5, 5.41) is 29.8. The predicted molar refractivity (Wildman–Crippen MR) is 386 cm³/mol. The van der Waals surface area contributed by atoms with Crippen LogP contribution in [-0.2, 0) is 41.0 Å². The molecule has 0 aliphatic rings. The molecular weight excluding hydrogens is 1800 g/mol. The average Bonchev–Trinajstić information content (AvgIpc) is 3.09. The van der Waals surface area contributed by atoms with Crippen molar-refractivity contribution < 1.29 is 50.9 Å². The van der Waals surface area contributed by atoms with Crippen molar-refractivity contribution in [3.63, 3.8) is 0 Å². The Balaban J connectivity index is 0.000000372. The average molecular weight is 1870 g/mol. The van der Waals surface area contributed by atoms with Crippen LogP contribution < -0.4 is 24.2 Å². The molecule has 2 aromatic heterocycles. The fourth-order valence-corrected chi connectivity index (χ4v) is 9.80. The number of aliphatic hydroxyl groups excluding tert-OH is 2. The van der Waals surface area contributed by atoms with Gasteiger partial charge in [-0.2, -0.15) is 13.8 Å². The number of nitrogens with zero attached hydrogens (tertiary/aromatic N) is 1. The Morgan fingerprint density at radius 3 is 1.47 bits per heavy atom. The number of rotatable bonds is 20. The van der Waals surface area contributed by atoms with Crippen LogP contribution in [0.1, 0.15) is 42.7 Å². The Kier molecular flexibility index (Phi) is 36.4. The Bertz CT molecular complexity index is 3620. The quantitative estimate of drug-likeness (QED) is 0.0219. The first-order valence-corrected chi connectivity index (χ1v) is 52.0. The van der Waals surface area contributed by atoms with Gasteiger partial charge in [0.05, 0.1) is 57.2 Å². The third-order valence-electron chi connectivity index (χ3n) is 11.5. The molecule has 0 aliphatic carbocycles. The number of hydrogen-bond acceptors (Lipinski definition) is 10. The van der Waals surface area contributed by atoms with Gasteiger partial charge < -0.3 is 48.8 Å². The molecule has 0 spiro atoms. The number of ether oxygens (including phenoxy) is 2. The fourth-order valence-electron chi connectivity index (χ4n) is 8.22. The van der Waals surface area contributed by atoms with Gasteiger partial charge >= 0.3 is 114 Å². The molecule has 0 aliphatic heterocycles. The molecule has 0 bridgehead atoms. The van der Waals surface area contributed by atoms with Gasteiger partial charge in [-0.05, 0) is 77.4 Å². The van der Waals surface area contributed by atoms with Crippen LogP contribution in [0.3, 0.4) is 0 Å². The van der Waals surface area contributed by atoms with Gasteiger partial charge in [0, 0.05) is 77.4 Å². The van der Waals surface area contributed by atoms with E-state index >= 15 is 0 Å². The monoisotopic (exact) mass is 1870 g/mol. The molecule has 2 heterocycles. The van der Waals surface area contributed by atoms with Crippen molar-refractivity contribution in [2.45, 2.75) is 32.6 Å². The number of H-pyrrole nitrogens is 2. The molecule has 14 nitrogen and oxygen atoms in total. The molecule has 0 radical (unpaired) electrons. The molecule has 9 rings (SSSR count). The topological polar surface area (TPSA) is 198 Å². The molecule has 0 amide bonds. The van der Waals surface area contributed by atoms with E-state index < -0.39 is 32.3 Å². The second-order valence-corrected chi connectivity index (χ2v) is 68.9. The normalized spacial score (nSPS) is 11.7. The summed E-state index contributed by atoms with van der Waals surface area (Å²) >= 11 is 24.3. The molecule has 26 heteroatoms. The summed E-state index contributed by atoms with van der Waals surface area (Å²) in [5.41, 5.74) is 6.92. The van der Waals surface area contributed by atoms with Gasteiger partial charge in [-0.15, -0.1) is 12.4 Å². The van der Waals surface area contributed by atoms with Gasteiger partial charge in [-0.25, -0.2) is 16.8 Å². The molecular formula is C57H65Cl3I5N6O8S2V2-2. The predicted octanol–water partition coefficient (Wildman–Crippen LogP) is 16.5. The number of fused-ring (bicyclic) bond motifs is 6. The Morgan fingerprint density at radius 2 is 1.01 bits per heavy atom. The number of para-hydroxylation sites is 2. The van der Waals surface area contributed by atoms with Gasteiger partial charge in [-0.1, -0.05) is 102 Å². The number of hydrogen-bond donors (Lipinski definition) is 7. The van der Waals surface area contributed by atoms with Gasteiger partial charge in [0.1, 0.15) is 24.7 Å². The van der Waals surface area contributed by atoms with E-state index in [9.17, 15) is 27.0 Å². The van der Waals surface area contributed by atoms with E-state index in [1.54, 1.807) is 44.2 Å². The summed E-state index contributed by atoms with van der Waals surface area (Å²) in [6, 6.07) is 48.0. The van der Waals surface area contributed by atoms with Gasteiger partial charge in [0.15, 0.2) is 0 Å². The number of aliphatic hydroxyl groups is 2. The minimum absolute atomic E-state index is 0. The van der Waals surface area contributed by atoms with E-state index in [-0.39, 0.29) is 45.3 Å². The molecule has 451 valence electrons. The fraction of sp³-hybridized carbons (Fsp3) is 0.228. The SMILES string of the molecule is CS(=O)(=O)Nc1cc(C(O)CN(CCOc2ccc3c(c2)[nH]c2ccccc23)Cc2ccccc2)ccc1Cl.CS(=O)(=O)Nc1cc(C(O)CNCCOc2ccc3c(c2)[nH]c2ccccc23)ccc1Cl.Cl.[CH2-]C.[CH2-]C.[I][V]([I])[I].[I][V][I]. The van der Waals surface area contributed by atoms with Gasteiger partial charge in [-0.3, -0.25) is 14.3 Å². The molecule has 83 heavy (non-hydrogen) atoms. The summed E-state index contributed by atoms with van der Waals surface area (Å²) in [6.45, 7) is 13.2. The van der Waals surface area contributed by atoms with Crippen LogP contribution in [0.5, 0.6) is 11.5 Å². The van der Waals surface area contributed by atoms with E-state index in [4.69, 9.17) is 32.7 Å².